The lowest BCUT2D eigenvalue weighted by atomic mass is 9.97. The fraction of sp³-hybridized carbons (Fsp3) is 0.550. The minimum atomic E-state index is -0.206. The van der Waals surface area contributed by atoms with E-state index in [9.17, 15) is 9.90 Å². The molecule has 0 saturated carbocycles. The largest absolute Gasteiger partial charge is 0.507 e. The number of likely N-dealkylation sites (tertiary alicyclic amines) is 1. The van der Waals surface area contributed by atoms with Gasteiger partial charge in [0, 0.05) is 10.9 Å². The Kier molecular flexibility index (Phi) is 4.09. The molecule has 1 aromatic heterocycles. The van der Waals surface area contributed by atoms with Crippen molar-refractivity contribution in [3.8, 4) is 5.75 Å². The molecule has 1 unspecified atom stereocenters. The van der Waals surface area contributed by atoms with Gasteiger partial charge in [0.25, 0.3) is 0 Å². The third kappa shape index (κ3) is 2.53. The van der Waals surface area contributed by atoms with Crippen LogP contribution in [0.1, 0.15) is 55.7 Å². The fourth-order valence-electron chi connectivity index (χ4n) is 4.67. The van der Waals surface area contributed by atoms with Crippen LogP contribution in [-0.4, -0.2) is 17.7 Å². The van der Waals surface area contributed by atoms with E-state index < -0.39 is 0 Å². The van der Waals surface area contributed by atoms with Gasteiger partial charge in [-0.1, -0.05) is 6.92 Å². The van der Waals surface area contributed by atoms with E-state index in [0.717, 1.165) is 60.8 Å². The Morgan fingerprint density at radius 1 is 1.21 bits per heavy atom. The predicted molar refractivity (Wildman–Crippen MR) is 93.6 cm³/mol. The Labute approximate surface area is 142 Å². The number of phenols is 1. The van der Waals surface area contributed by atoms with Crippen LogP contribution in [0.3, 0.4) is 0 Å². The number of aryl methyl sites for hydroxylation is 1. The Balaban J connectivity index is 1.81. The Hall–Kier alpha value is -1.81. The standard InChI is InChI=1S/C20H25NO3/c1-2-13-6-3-4-11-21(13)12-17-18(22)10-9-15-14-7-5-8-16(14)20(23)24-19(15)17/h9-10,13,22H,2-8,11-12H2,1H3/p+1/t13-/m0/s1. The van der Waals surface area contributed by atoms with E-state index in [0.29, 0.717) is 11.6 Å². The van der Waals surface area contributed by atoms with Crippen molar-refractivity contribution in [3.05, 3.63) is 39.2 Å². The summed E-state index contributed by atoms with van der Waals surface area (Å²) in [4.78, 5) is 13.9. The van der Waals surface area contributed by atoms with Gasteiger partial charge in [0.05, 0.1) is 18.2 Å². The minimum Gasteiger partial charge on any atom is -0.507 e. The van der Waals surface area contributed by atoms with Crippen LogP contribution in [0.2, 0.25) is 0 Å². The highest BCUT2D eigenvalue weighted by molar-refractivity contribution is 5.86. The number of hydrogen-bond acceptors (Lipinski definition) is 3. The van der Waals surface area contributed by atoms with Crippen LogP contribution < -0.4 is 10.5 Å². The number of benzene rings is 1. The molecular weight excluding hydrogens is 302 g/mol. The first-order chi connectivity index (χ1) is 11.7. The maximum absolute atomic E-state index is 12.3. The monoisotopic (exact) mass is 328 g/mol. The van der Waals surface area contributed by atoms with E-state index in [1.165, 1.54) is 24.2 Å². The minimum absolute atomic E-state index is 0.206. The van der Waals surface area contributed by atoms with Gasteiger partial charge in [-0.15, -0.1) is 0 Å². The van der Waals surface area contributed by atoms with Crippen molar-refractivity contribution in [1.82, 2.24) is 0 Å². The van der Waals surface area contributed by atoms with Gasteiger partial charge in [0.15, 0.2) is 5.58 Å². The lowest BCUT2D eigenvalue weighted by Gasteiger charge is -2.32. The third-order valence-electron chi connectivity index (χ3n) is 5.99. The summed E-state index contributed by atoms with van der Waals surface area (Å²) >= 11 is 0. The van der Waals surface area contributed by atoms with E-state index in [1.54, 1.807) is 6.07 Å². The number of hydrogen-bond donors (Lipinski definition) is 2. The summed E-state index contributed by atoms with van der Waals surface area (Å²) in [6, 6.07) is 4.33. The molecule has 0 amide bonds. The molecule has 2 atom stereocenters. The van der Waals surface area contributed by atoms with E-state index >= 15 is 0 Å². The maximum Gasteiger partial charge on any atom is 0.339 e. The molecular formula is C20H26NO3+. The van der Waals surface area contributed by atoms with E-state index in [1.807, 2.05) is 6.07 Å². The van der Waals surface area contributed by atoms with Gasteiger partial charge in [0.1, 0.15) is 12.3 Å². The van der Waals surface area contributed by atoms with E-state index in [2.05, 4.69) is 6.92 Å². The normalized spacial score (nSPS) is 23.5. The van der Waals surface area contributed by atoms with Crippen molar-refractivity contribution in [3.63, 3.8) is 0 Å². The zero-order valence-corrected chi connectivity index (χ0v) is 14.4. The summed E-state index contributed by atoms with van der Waals surface area (Å²) < 4.78 is 5.70. The van der Waals surface area contributed by atoms with Crippen LogP contribution in [0.5, 0.6) is 5.75 Å². The Morgan fingerprint density at radius 2 is 2.04 bits per heavy atom. The Morgan fingerprint density at radius 3 is 2.88 bits per heavy atom. The number of nitrogens with one attached hydrogen (secondary N) is 1. The van der Waals surface area contributed by atoms with Gasteiger partial charge >= 0.3 is 5.63 Å². The van der Waals surface area contributed by atoms with Crippen LogP contribution in [0, 0.1) is 0 Å². The average Bonchev–Trinajstić information content (AvgIpc) is 3.09. The molecule has 128 valence electrons. The van der Waals surface area contributed by atoms with Crippen molar-refractivity contribution in [2.45, 2.75) is 64.5 Å². The van der Waals surface area contributed by atoms with Crippen LogP contribution >= 0.6 is 0 Å². The number of phenolic OH excluding ortho intramolecular Hbond substituents is 1. The second-order valence-corrected chi connectivity index (χ2v) is 7.33. The zero-order valence-electron chi connectivity index (χ0n) is 14.4. The topological polar surface area (TPSA) is 54.9 Å². The molecule has 0 bridgehead atoms. The molecule has 4 nitrogen and oxygen atoms in total. The number of piperidine rings is 1. The van der Waals surface area contributed by atoms with E-state index in [-0.39, 0.29) is 11.4 Å². The smallest absolute Gasteiger partial charge is 0.339 e. The molecule has 1 aliphatic heterocycles. The van der Waals surface area contributed by atoms with Gasteiger partial charge < -0.3 is 14.4 Å². The molecule has 0 spiro atoms. The predicted octanol–water partition coefficient (Wildman–Crippen LogP) is 2.33. The number of aromatic hydroxyl groups is 1. The maximum atomic E-state index is 12.3. The van der Waals surface area contributed by atoms with Crippen molar-refractivity contribution in [1.29, 1.82) is 0 Å². The average molecular weight is 328 g/mol. The summed E-state index contributed by atoms with van der Waals surface area (Å²) in [5.41, 5.74) is 3.21. The summed E-state index contributed by atoms with van der Waals surface area (Å²) in [5.74, 6) is 0.261. The van der Waals surface area contributed by atoms with Crippen LogP contribution in [0.15, 0.2) is 21.3 Å². The molecule has 0 radical (unpaired) electrons. The molecule has 1 aliphatic carbocycles. The first kappa shape index (κ1) is 15.7. The SMILES string of the molecule is CC[C@H]1CCCC[NH+]1Cc1c(O)ccc2c3c(c(=O)oc12)CCC3. The van der Waals surface area contributed by atoms with Gasteiger partial charge in [-0.05, 0) is 62.6 Å². The third-order valence-corrected chi connectivity index (χ3v) is 5.99. The van der Waals surface area contributed by atoms with Crippen LogP contribution in [0.25, 0.3) is 11.0 Å². The molecule has 4 heteroatoms. The summed E-state index contributed by atoms with van der Waals surface area (Å²) in [6.07, 6.45) is 7.71. The molecule has 1 saturated heterocycles. The number of rotatable bonds is 3. The molecule has 24 heavy (non-hydrogen) atoms. The van der Waals surface area contributed by atoms with Crippen molar-refractivity contribution in [2.24, 2.45) is 0 Å². The number of fused-ring (bicyclic) bond motifs is 3. The fourth-order valence-corrected chi connectivity index (χ4v) is 4.67. The van der Waals surface area contributed by atoms with Gasteiger partial charge in [0.2, 0.25) is 0 Å². The second kappa shape index (κ2) is 6.25. The van der Waals surface area contributed by atoms with Crippen LogP contribution in [0.4, 0.5) is 0 Å². The first-order valence-corrected chi connectivity index (χ1v) is 9.33. The van der Waals surface area contributed by atoms with Gasteiger partial charge in [-0.3, -0.25) is 0 Å². The highest BCUT2D eigenvalue weighted by atomic mass is 16.4. The van der Waals surface area contributed by atoms with Crippen molar-refractivity contribution in [2.75, 3.05) is 6.54 Å². The molecule has 1 aromatic carbocycles. The van der Waals surface area contributed by atoms with Crippen molar-refractivity contribution < 1.29 is 14.4 Å². The quantitative estimate of drug-likeness (QED) is 0.850. The molecule has 2 heterocycles. The lowest BCUT2D eigenvalue weighted by molar-refractivity contribution is -0.944. The molecule has 2 aliphatic rings. The summed E-state index contributed by atoms with van der Waals surface area (Å²) in [7, 11) is 0. The zero-order chi connectivity index (χ0) is 16.7. The molecule has 4 rings (SSSR count). The van der Waals surface area contributed by atoms with Gasteiger partial charge in [-0.2, -0.15) is 0 Å². The highest BCUT2D eigenvalue weighted by Crippen LogP contribution is 2.32. The molecule has 1 fully saturated rings. The Bertz CT molecular complexity index is 824. The number of quaternary nitrogens is 1. The highest BCUT2D eigenvalue weighted by Gasteiger charge is 2.28. The van der Waals surface area contributed by atoms with Gasteiger partial charge in [-0.25, -0.2) is 4.79 Å². The molecule has 2 aromatic rings. The first-order valence-electron chi connectivity index (χ1n) is 9.33. The van der Waals surface area contributed by atoms with E-state index in [4.69, 9.17) is 4.42 Å². The summed E-state index contributed by atoms with van der Waals surface area (Å²) in [5, 5.41) is 11.5. The second-order valence-electron chi connectivity index (χ2n) is 7.33. The molecule has 2 N–H and O–H groups in total. The lowest BCUT2D eigenvalue weighted by Crippen LogP contribution is -3.15. The summed E-state index contributed by atoms with van der Waals surface area (Å²) in [6.45, 7) is 4.11. The van der Waals surface area contributed by atoms with Crippen LogP contribution in [-0.2, 0) is 19.4 Å². The van der Waals surface area contributed by atoms with Crippen molar-refractivity contribution >= 4 is 11.0 Å².